The number of carboxylic acids is 1. The quantitative estimate of drug-likeness (QED) is 0.419. The molecule has 0 spiro atoms. The van der Waals surface area contributed by atoms with Gasteiger partial charge in [-0.3, -0.25) is 4.79 Å². The minimum atomic E-state index is -0.926. The average molecular weight is 466 g/mol. The lowest BCUT2D eigenvalue weighted by atomic mass is 9.96. The maximum atomic E-state index is 11.1. The molecule has 0 saturated carbocycles. The Balaban J connectivity index is 1.82. The predicted molar refractivity (Wildman–Crippen MR) is 131 cm³/mol. The summed E-state index contributed by atoms with van der Waals surface area (Å²) in [5.74, 6) is 1.59. The molecule has 0 radical (unpaired) electrons. The number of hydrogen-bond donors (Lipinski definition) is 2. The summed E-state index contributed by atoms with van der Waals surface area (Å²) in [6.07, 6.45) is 0. The number of hydrogen-bond acceptors (Lipinski definition) is 6. The van der Waals surface area contributed by atoms with E-state index in [1.54, 1.807) is 40.4 Å². The van der Waals surface area contributed by atoms with Gasteiger partial charge in [-0.05, 0) is 48.2 Å². The Labute approximate surface area is 200 Å². The first-order valence-electron chi connectivity index (χ1n) is 10.9. The van der Waals surface area contributed by atoms with E-state index in [1.807, 2.05) is 30.3 Å². The minimum Gasteiger partial charge on any atom is -0.497 e. The van der Waals surface area contributed by atoms with Crippen molar-refractivity contribution in [3.63, 3.8) is 0 Å². The maximum absolute atomic E-state index is 11.1. The maximum Gasteiger partial charge on any atom is 0.320 e. The van der Waals surface area contributed by atoms with Crippen LogP contribution in [-0.4, -0.2) is 38.4 Å². The SMILES string of the molecule is COc1cccc(-c2cccc(COc3cc(OC)c(CN[C@H](C)C(=O)O)c(OC)c3)c2C)c1. The van der Waals surface area contributed by atoms with E-state index < -0.39 is 12.0 Å². The summed E-state index contributed by atoms with van der Waals surface area (Å²) in [5.41, 5.74) is 5.10. The van der Waals surface area contributed by atoms with E-state index in [4.69, 9.17) is 24.1 Å². The van der Waals surface area contributed by atoms with Gasteiger partial charge in [-0.15, -0.1) is 0 Å². The number of benzene rings is 3. The van der Waals surface area contributed by atoms with Crippen LogP contribution < -0.4 is 24.3 Å². The molecule has 0 aliphatic rings. The number of methoxy groups -OCH3 is 3. The molecule has 0 amide bonds. The second-order valence-electron chi connectivity index (χ2n) is 7.86. The number of ether oxygens (including phenoxy) is 4. The standard InChI is InChI=1S/C27H31NO6/c1-17-20(9-7-11-23(17)19-8-6-10-21(12-19)31-3)16-34-22-13-25(32-4)24(26(14-22)33-5)15-28-18(2)27(29)30/h6-14,18,28H,15-16H2,1-5H3,(H,29,30)/t18-/m1/s1. The average Bonchev–Trinajstić information content (AvgIpc) is 2.86. The highest BCUT2D eigenvalue weighted by molar-refractivity contribution is 5.73. The van der Waals surface area contributed by atoms with Crippen LogP contribution in [0.25, 0.3) is 11.1 Å². The number of carbonyl (C=O) groups is 1. The molecule has 0 aromatic heterocycles. The van der Waals surface area contributed by atoms with E-state index in [2.05, 4.69) is 24.4 Å². The van der Waals surface area contributed by atoms with Gasteiger partial charge in [0.25, 0.3) is 0 Å². The fraction of sp³-hybridized carbons (Fsp3) is 0.296. The molecule has 3 aromatic carbocycles. The van der Waals surface area contributed by atoms with E-state index in [9.17, 15) is 4.79 Å². The molecule has 0 bridgehead atoms. The van der Waals surface area contributed by atoms with Crippen LogP contribution >= 0.6 is 0 Å². The van der Waals surface area contributed by atoms with E-state index in [0.29, 0.717) is 23.9 Å². The molecule has 3 rings (SSSR count). The molecule has 0 aliphatic carbocycles. The molecule has 0 fully saturated rings. The first kappa shape index (κ1) is 24.9. The van der Waals surface area contributed by atoms with E-state index in [1.165, 1.54) is 0 Å². The van der Waals surface area contributed by atoms with Gasteiger partial charge in [0.1, 0.15) is 35.6 Å². The molecular weight excluding hydrogens is 434 g/mol. The Morgan fingerprint density at radius 1 is 0.941 bits per heavy atom. The van der Waals surface area contributed by atoms with E-state index >= 15 is 0 Å². The molecule has 0 saturated heterocycles. The summed E-state index contributed by atoms with van der Waals surface area (Å²) in [7, 11) is 4.78. The summed E-state index contributed by atoms with van der Waals surface area (Å²) >= 11 is 0. The van der Waals surface area contributed by atoms with E-state index in [0.717, 1.165) is 33.6 Å². The summed E-state index contributed by atoms with van der Waals surface area (Å²) < 4.78 is 22.6. The Morgan fingerprint density at radius 2 is 1.62 bits per heavy atom. The van der Waals surface area contributed by atoms with Gasteiger partial charge in [-0.1, -0.05) is 30.3 Å². The van der Waals surface area contributed by atoms with Gasteiger partial charge in [0.15, 0.2) is 0 Å². The predicted octanol–water partition coefficient (Wildman–Crippen LogP) is 4.83. The van der Waals surface area contributed by atoms with Crippen molar-refractivity contribution >= 4 is 5.97 Å². The molecule has 2 N–H and O–H groups in total. The zero-order valence-electron chi connectivity index (χ0n) is 20.2. The van der Waals surface area contributed by atoms with Crippen molar-refractivity contribution in [2.24, 2.45) is 0 Å². The molecule has 34 heavy (non-hydrogen) atoms. The number of carboxylic acid groups (broad SMARTS) is 1. The highest BCUT2D eigenvalue weighted by atomic mass is 16.5. The summed E-state index contributed by atoms with van der Waals surface area (Å²) in [6, 6.07) is 17.0. The molecule has 7 heteroatoms. The fourth-order valence-corrected chi connectivity index (χ4v) is 3.66. The van der Waals surface area contributed by atoms with Gasteiger partial charge in [0, 0.05) is 18.7 Å². The minimum absolute atomic E-state index is 0.280. The number of rotatable bonds is 11. The third kappa shape index (κ3) is 5.80. The third-order valence-electron chi connectivity index (χ3n) is 5.76. The summed E-state index contributed by atoms with van der Waals surface area (Å²) in [4.78, 5) is 11.1. The van der Waals surface area contributed by atoms with Gasteiger partial charge >= 0.3 is 5.97 Å². The van der Waals surface area contributed by atoms with Crippen molar-refractivity contribution in [3.8, 4) is 34.1 Å². The number of aliphatic carboxylic acids is 1. The molecule has 1 atom stereocenters. The first-order valence-corrected chi connectivity index (χ1v) is 10.9. The summed E-state index contributed by atoms with van der Waals surface area (Å²) in [5, 5.41) is 12.1. The van der Waals surface area contributed by atoms with Crippen LogP contribution in [0.15, 0.2) is 54.6 Å². The summed E-state index contributed by atoms with van der Waals surface area (Å²) in [6.45, 7) is 4.30. The van der Waals surface area contributed by atoms with Crippen molar-refractivity contribution in [2.45, 2.75) is 33.0 Å². The van der Waals surface area contributed by atoms with Crippen molar-refractivity contribution < 1.29 is 28.8 Å². The lowest BCUT2D eigenvalue weighted by Crippen LogP contribution is -2.33. The smallest absolute Gasteiger partial charge is 0.320 e. The molecule has 180 valence electrons. The zero-order chi connectivity index (χ0) is 24.7. The van der Waals surface area contributed by atoms with Crippen LogP contribution in [0.1, 0.15) is 23.6 Å². The molecule has 0 heterocycles. The van der Waals surface area contributed by atoms with Crippen LogP contribution in [0.5, 0.6) is 23.0 Å². The van der Waals surface area contributed by atoms with Crippen molar-refractivity contribution in [1.82, 2.24) is 5.32 Å². The van der Waals surface area contributed by atoms with Crippen molar-refractivity contribution in [3.05, 3.63) is 71.3 Å². The Morgan fingerprint density at radius 3 is 2.24 bits per heavy atom. The third-order valence-corrected chi connectivity index (χ3v) is 5.76. The lowest BCUT2D eigenvalue weighted by molar-refractivity contribution is -0.139. The topological polar surface area (TPSA) is 86.2 Å². The van der Waals surface area contributed by atoms with Crippen LogP contribution in [-0.2, 0) is 17.9 Å². The molecule has 7 nitrogen and oxygen atoms in total. The zero-order valence-corrected chi connectivity index (χ0v) is 20.2. The first-order chi connectivity index (χ1) is 16.4. The van der Waals surface area contributed by atoms with Gasteiger partial charge in [-0.25, -0.2) is 0 Å². The highest BCUT2D eigenvalue weighted by Gasteiger charge is 2.17. The lowest BCUT2D eigenvalue weighted by Gasteiger charge is -2.18. The van der Waals surface area contributed by atoms with Crippen molar-refractivity contribution in [2.75, 3.05) is 21.3 Å². The molecule has 0 unspecified atom stereocenters. The van der Waals surface area contributed by atoms with Gasteiger partial charge in [0.05, 0.1) is 26.9 Å². The second-order valence-corrected chi connectivity index (χ2v) is 7.86. The molecule has 3 aromatic rings. The second kappa shape index (κ2) is 11.4. The van der Waals surface area contributed by atoms with Crippen LogP contribution in [0.4, 0.5) is 0 Å². The highest BCUT2D eigenvalue weighted by Crippen LogP contribution is 2.35. The largest absolute Gasteiger partial charge is 0.497 e. The number of nitrogens with one attached hydrogen (secondary N) is 1. The van der Waals surface area contributed by atoms with E-state index in [-0.39, 0.29) is 6.54 Å². The Bertz CT molecular complexity index is 1120. The van der Waals surface area contributed by atoms with Gasteiger partial charge in [-0.2, -0.15) is 0 Å². The molecular formula is C27H31NO6. The Kier molecular flexibility index (Phi) is 8.38. The van der Waals surface area contributed by atoms with Gasteiger partial charge in [0.2, 0.25) is 0 Å². The van der Waals surface area contributed by atoms with Crippen LogP contribution in [0, 0.1) is 6.92 Å². The van der Waals surface area contributed by atoms with Crippen molar-refractivity contribution in [1.29, 1.82) is 0 Å². The van der Waals surface area contributed by atoms with Crippen LogP contribution in [0.2, 0.25) is 0 Å². The Hall–Kier alpha value is -3.71. The fourth-order valence-electron chi connectivity index (χ4n) is 3.66. The monoisotopic (exact) mass is 465 g/mol. The normalized spacial score (nSPS) is 11.6. The van der Waals surface area contributed by atoms with Crippen LogP contribution in [0.3, 0.4) is 0 Å². The molecule has 0 aliphatic heterocycles. The van der Waals surface area contributed by atoms with Gasteiger partial charge < -0.3 is 29.4 Å².